The van der Waals surface area contributed by atoms with Crippen molar-refractivity contribution in [2.75, 3.05) is 0 Å². The Morgan fingerprint density at radius 3 is 2.09 bits per heavy atom. The normalized spacial score (nSPS) is 42.5. The van der Waals surface area contributed by atoms with E-state index < -0.39 is 0 Å². The van der Waals surface area contributed by atoms with Crippen LogP contribution in [0.4, 0.5) is 0 Å². The predicted molar refractivity (Wildman–Crippen MR) is 44.2 cm³/mol. The van der Waals surface area contributed by atoms with E-state index in [1.807, 2.05) is 0 Å². The van der Waals surface area contributed by atoms with E-state index in [9.17, 15) is 4.79 Å². The van der Waals surface area contributed by atoms with Gasteiger partial charge in [0.2, 0.25) is 0 Å². The van der Waals surface area contributed by atoms with Gasteiger partial charge >= 0.3 is 0 Å². The molecule has 3 rings (SSSR count). The number of carbonyl (C=O) groups excluding carboxylic acids is 1. The van der Waals surface area contributed by atoms with Crippen LogP contribution in [0.5, 0.6) is 0 Å². The van der Waals surface area contributed by atoms with Gasteiger partial charge in [-0.2, -0.15) is 0 Å². The highest BCUT2D eigenvalue weighted by atomic mass is 16.1. The molecule has 3 saturated carbocycles. The molecule has 2 bridgehead atoms. The van der Waals surface area contributed by atoms with Crippen LogP contribution in [0.3, 0.4) is 0 Å². The summed E-state index contributed by atoms with van der Waals surface area (Å²) in [5, 5.41) is 0. The zero-order chi connectivity index (χ0) is 8.01. The zero-order valence-corrected chi connectivity index (χ0v) is 7.34. The minimum atomic E-state index is 0.473. The SMILES string of the molecule is CC(C)C1CC2CC(C1)C2=O. The van der Waals surface area contributed by atoms with E-state index in [1.165, 1.54) is 19.3 Å². The Bertz CT molecular complexity index is 169. The largest absolute Gasteiger partial charge is 0.299 e. The van der Waals surface area contributed by atoms with E-state index in [4.69, 9.17) is 0 Å². The number of rotatable bonds is 1. The Morgan fingerprint density at radius 1 is 1.18 bits per heavy atom. The lowest BCUT2D eigenvalue weighted by molar-refractivity contribution is -0.142. The lowest BCUT2D eigenvalue weighted by Crippen LogP contribution is -2.45. The van der Waals surface area contributed by atoms with Gasteiger partial charge in [0.1, 0.15) is 5.78 Å². The first-order valence-electron chi connectivity index (χ1n) is 4.72. The number of hydrogen-bond acceptors (Lipinski definition) is 1. The molecule has 0 spiro atoms. The predicted octanol–water partition coefficient (Wildman–Crippen LogP) is 2.26. The molecule has 3 fully saturated rings. The molecule has 3 aliphatic carbocycles. The maximum Gasteiger partial charge on any atom is 0.139 e. The quantitative estimate of drug-likeness (QED) is 0.563. The minimum Gasteiger partial charge on any atom is -0.299 e. The number of Topliss-reactive ketones (excluding diaryl/α,β-unsaturated/α-hetero) is 1. The fraction of sp³-hybridized carbons (Fsp3) is 0.900. The topological polar surface area (TPSA) is 17.1 Å². The molecule has 2 unspecified atom stereocenters. The summed E-state index contributed by atoms with van der Waals surface area (Å²) >= 11 is 0. The van der Waals surface area contributed by atoms with Gasteiger partial charge in [-0.1, -0.05) is 13.8 Å². The molecule has 3 aliphatic rings. The second-order valence-corrected chi connectivity index (χ2v) is 4.51. The van der Waals surface area contributed by atoms with Crippen molar-refractivity contribution < 1.29 is 4.79 Å². The van der Waals surface area contributed by atoms with Crippen LogP contribution in [0.1, 0.15) is 33.1 Å². The molecule has 0 radical (unpaired) electrons. The van der Waals surface area contributed by atoms with Gasteiger partial charge in [0.05, 0.1) is 0 Å². The van der Waals surface area contributed by atoms with Crippen LogP contribution in [0.25, 0.3) is 0 Å². The Morgan fingerprint density at radius 2 is 1.73 bits per heavy atom. The van der Waals surface area contributed by atoms with Crippen LogP contribution in [0.15, 0.2) is 0 Å². The summed E-state index contributed by atoms with van der Waals surface area (Å²) in [7, 11) is 0. The summed E-state index contributed by atoms with van der Waals surface area (Å²) in [6.07, 6.45) is 3.59. The van der Waals surface area contributed by atoms with Gasteiger partial charge in [-0.15, -0.1) is 0 Å². The molecule has 0 aromatic heterocycles. The first-order valence-corrected chi connectivity index (χ1v) is 4.72. The average Bonchev–Trinajstić information content (AvgIpc) is 2.03. The highest BCUT2D eigenvalue weighted by Crippen LogP contribution is 2.47. The highest BCUT2D eigenvalue weighted by Gasteiger charge is 2.46. The van der Waals surface area contributed by atoms with Crippen molar-refractivity contribution in [2.45, 2.75) is 33.1 Å². The van der Waals surface area contributed by atoms with E-state index >= 15 is 0 Å². The van der Waals surface area contributed by atoms with Crippen LogP contribution in [-0.2, 0) is 4.79 Å². The Hall–Kier alpha value is -0.330. The van der Waals surface area contributed by atoms with Crippen LogP contribution in [-0.4, -0.2) is 5.78 Å². The van der Waals surface area contributed by atoms with Crippen molar-refractivity contribution in [1.29, 1.82) is 0 Å². The standard InChI is InChI=1S/C10H16O/c1-6(2)7-3-8-5-9(4-7)10(8)11/h6-9H,3-5H2,1-2H3. The molecule has 0 amide bonds. The fourth-order valence-electron chi connectivity index (χ4n) is 2.54. The Kier molecular flexibility index (Phi) is 1.55. The van der Waals surface area contributed by atoms with Gasteiger partial charge in [-0.25, -0.2) is 0 Å². The van der Waals surface area contributed by atoms with Gasteiger partial charge in [-0.05, 0) is 31.1 Å². The summed E-state index contributed by atoms with van der Waals surface area (Å²) in [5.41, 5.74) is 0. The zero-order valence-electron chi connectivity index (χ0n) is 7.34. The summed E-state index contributed by atoms with van der Waals surface area (Å²) in [6.45, 7) is 4.56. The van der Waals surface area contributed by atoms with Gasteiger partial charge in [-0.3, -0.25) is 4.79 Å². The van der Waals surface area contributed by atoms with Crippen LogP contribution in [0, 0.1) is 23.7 Å². The first kappa shape index (κ1) is 7.33. The molecule has 2 atom stereocenters. The van der Waals surface area contributed by atoms with Crippen molar-refractivity contribution in [1.82, 2.24) is 0 Å². The molecule has 0 aromatic rings. The molecule has 0 heterocycles. The van der Waals surface area contributed by atoms with E-state index in [-0.39, 0.29) is 0 Å². The molecule has 62 valence electrons. The summed E-state index contributed by atoms with van der Waals surface area (Å²) in [5.74, 6) is 3.15. The third kappa shape index (κ3) is 1.02. The molecular weight excluding hydrogens is 136 g/mol. The molecule has 0 aliphatic heterocycles. The number of fused-ring (bicyclic) bond motifs is 2. The van der Waals surface area contributed by atoms with Crippen molar-refractivity contribution in [2.24, 2.45) is 23.7 Å². The number of ketones is 1. The second kappa shape index (κ2) is 2.33. The summed E-state index contributed by atoms with van der Waals surface area (Å²) in [6, 6.07) is 0. The van der Waals surface area contributed by atoms with Crippen molar-refractivity contribution in [3.8, 4) is 0 Å². The lowest BCUT2D eigenvalue weighted by Gasteiger charge is -2.44. The molecule has 11 heavy (non-hydrogen) atoms. The fourth-order valence-corrected chi connectivity index (χ4v) is 2.54. The van der Waals surface area contributed by atoms with Crippen molar-refractivity contribution in [3.63, 3.8) is 0 Å². The summed E-state index contributed by atoms with van der Waals surface area (Å²) in [4.78, 5) is 11.2. The highest BCUT2D eigenvalue weighted by molar-refractivity contribution is 5.89. The molecule has 1 heteroatoms. The van der Waals surface area contributed by atoms with Gasteiger partial charge in [0, 0.05) is 11.8 Å². The second-order valence-electron chi connectivity index (χ2n) is 4.51. The minimum absolute atomic E-state index is 0.473. The number of hydrogen-bond donors (Lipinski definition) is 0. The lowest BCUT2D eigenvalue weighted by atomic mass is 9.58. The first-order chi connectivity index (χ1) is 5.18. The van der Waals surface area contributed by atoms with Crippen molar-refractivity contribution in [3.05, 3.63) is 0 Å². The summed E-state index contributed by atoms with van der Waals surface area (Å²) < 4.78 is 0. The van der Waals surface area contributed by atoms with Crippen LogP contribution < -0.4 is 0 Å². The third-order valence-corrected chi connectivity index (χ3v) is 3.49. The molecule has 0 N–H and O–H groups in total. The Balaban J connectivity index is 1.99. The number of carbonyl (C=O) groups is 1. The monoisotopic (exact) mass is 152 g/mol. The molecular formula is C10H16O. The molecule has 0 aromatic carbocycles. The van der Waals surface area contributed by atoms with Crippen molar-refractivity contribution >= 4 is 5.78 Å². The van der Waals surface area contributed by atoms with Crippen LogP contribution in [0.2, 0.25) is 0 Å². The van der Waals surface area contributed by atoms with E-state index in [0.717, 1.165) is 11.8 Å². The smallest absolute Gasteiger partial charge is 0.139 e. The van der Waals surface area contributed by atoms with Crippen LogP contribution >= 0.6 is 0 Å². The maximum atomic E-state index is 11.2. The maximum absolute atomic E-state index is 11.2. The molecule has 0 saturated heterocycles. The molecule has 1 nitrogen and oxygen atoms in total. The van der Waals surface area contributed by atoms with E-state index in [1.54, 1.807) is 0 Å². The third-order valence-electron chi connectivity index (χ3n) is 3.49. The van der Waals surface area contributed by atoms with E-state index in [0.29, 0.717) is 17.6 Å². The van der Waals surface area contributed by atoms with E-state index in [2.05, 4.69) is 13.8 Å². The Labute approximate surface area is 68.2 Å². The van der Waals surface area contributed by atoms with Gasteiger partial charge < -0.3 is 0 Å². The average molecular weight is 152 g/mol. The van der Waals surface area contributed by atoms with Gasteiger partial charge in [0.25, 0.3) is 0 Å². The van der Waals surface area contributed by atoms with Gasteiger partial charge in [0.15, 0.2) is 0 Å².